The highest BCUT2D eigenvalue weighted by Crippen LogP contribution is 2.40. The van der Waals surface area contributed by atoms with Gasteiger partial charge in [0.15, 0.2) is 11.6 Å². The lowest BCUT2D eigenvalue weighted by Gasteiger charge is -2.34. The fourth-order valence-electron chi connectivity index (χ4n) is 4.91. The molecule has 0 saturated heterocycles. The number of nitrogens with one attached hydrogen (secondary N) is 1. The summed E-state index contributed by atoms with van der Waals surface area (Å²) in [7, 11) is 0. The van der Waals surface area contributed by atoms with Gasteiger partial charge in [-0.25, -0.2) is 19.2 Å². The van der Waals surface area contributed by atoms with Gasteiger partial charge in [-0.3, -0.25) is 9.78 Å². The number of amides is 1. The van der Waals surface area contributed by atoms with Gasteiger partial charge in [-0.1, -0.05) is 6.92 Å². The maximum Gasteiger partial charge on any atom is 0.421 e. The molecule has 1 aromatic carbocycles. The third-order valence-electron chi connectivity index (χ3n) is 7.12. The smallest absolute Gasteiger partial charge is 0.421 e. The van der Waals surface area contributed by atoms with Crippen LogP contribution >= 0.6 is 0 Å². The van der Waals surface area contributed by atoms with Crippen LogP contribution in [0.2, 0.25) is 0 Å². The van der Waals surface area contributed by atoms with Gasteiger partial charge in [0.1, 0.15) is 11.4 Å². The summed E-state index contributed by atoms with van der Waals surface area (Å²) in [4.78, 5) is 38.6. The average molecular weight is 590 g/mol. The number of aromatic nitrogens is 3. The summed E-state index contributed by atoms with van der Waals surface area (Å²) in [5, 5.41) is 12.8. The summed E-state index contributed by atoms with van der Waals surface area (Å²) in [5.41, 5.74) is -1.84. The van der Waals surface area contributed by atoms with Gasteiger partial charge in [-0.05, 0) is 57.1 Å². The molecule has 224 valence electrons. The molecule has 0 bridgehead atoms. The van der Waals surface area contributed by atoms with Crippen molar-refractivity contribution < 1.29 is 37.0 Å². The number of pyridine rings is 1. The van der Waals surface area contributed by atoms with Crippen LogP contribution in [0.15, 0.2) is 43.0 Å². The molecule has 0 radical (unpaired) electrons. The summed E-state index contributed by atoms with van der Waals surface area (Å²) in [6.45, 7) is 5.39. The second-order valence-electron chi connectivity index (χ2n) is 10.6. The van der Waals surface area contributed by atoms with Gasteiger partial charge in [-0.15, -0.1) is 0 Å². The lowest BCUT2D eigenvalue weighted by atomic mass is 9.82. The molecule has 9 nitrogen and oxygen atoms in total. The summed E-state index contributed by atoms with van der Waals surface area (Å²) in [6, 6.07) is 1.88. The van der Waals surface area contributed by atoms with E-state index >= 15 is 4.39 Å². The molecule has 0 unspecified atom stereocenters. The minimum Gasteiger partial charge on any atom is -0.478 e. The number of halogens is 4. The average Bonchev–Trinajstić information content (AvgIpc) is 2.93. The van der Waals surface area contributed by atoms with Crippen molar-refractivity contribution in [1.29, 1.82) is 0 Å². The highest BCUT2D eigenvalue weighted by Gasteiger charge is 2.37. The first-order valence-electron chi connectivity index (χ1n) is 13.5. The van der Waals surface area contributed by atoms with Crippen LogP contribution in [0.5, 0.6) is 11.6 Å². The number of anilines is 2. The van der Waals surface area contributed by atoms with Crippen LogP contribution in [0, 0.1) is 17.7 Å². The quantitative estimate of drug-likeness (QED) is 0.265. The summed E-state index contributed by atoms with van der Waals surface area (Å²) < 4.78 is 62.5. The number of benzene rings is 1. The Morgan fingerprint density at radius 1 is 1.10 bits per heavy atom. The summed E-state index contributed by atoms with van der Waals surface area (Å²) >= 11 is 0. The Morgan fingerprint density at radius 3 is 2.40 bits per heavy atom. The van der Waals surface area contributed by atoms with Crippen LogP contribution in [-0.4, -0.2) is 38.0 Å². The van der Waals surface area contributed by atoms with E-state index in [1.54, 1.807) is 13.8 Å². The molecule has 2 N–H and O–H groups in total. The van der Waals surface area contributed by atoms with E-state index in [0.717, 1.165) is 37.2 Å². The minimum absolute atomic E-state index is 0.0692. The number of hydrogen-bond donors (Lipinski definition) is 2. The number of aromatic carboxylic acids is 1. The number of carbonyl (C=O) groups excluding carboxylic acids is 1. The van der Waals surface area contributed by atoms with Crippen LogP contribution in [0.4, 0.5) is 29.1 Å². The standard InChI is InChI=1S/C29H31F4N5O4/c1-16(2)38(27(39)19-6-4-17(3)5-7-19)23-12-22(30)24(11-20(23)28(40)41)42-26-21(29(31,32)33)10-18(14-37-26)13-36-25-15-34-8-9-35-25/h8-12,14-17,19H,4-7,13H2,1-3H3,(H,35,36)(H,40,41). The fourth-order valence-corrected chi connectivity index (χ4v) is 4.91. The third kappa shape index (κ3) is 7.12. The minimum atomic E-state index is -4.92. The van der Waals surface area contributed by atoms with E-state index in [4.69, 9.17) is 4.74 Å². The van der Waals surface area contributed by atoms with Crippen molar-refractivity contribution in [3.63, 3.8) is 0 Å². The molecule has 2 heterocycles. The molecule has 1 aliphatic carbocycles. The molecule has 0 spiro atoms. The molecule has 0 aliphatic heterocycles. The summed E-state index contributed by atoms with van der Waals surface area (Å²) in [5.74, 6) is -4.23. The van der Waals surface area contributed by atoms with Crippen molar-refractivity contribution in [2.24, 2.45) is 11.8 Å². The van der Waals surface area contributed by atoms with E-state index in [9.17, 15) is 27.9 Å². The van der Waals surface area contributed by atoms with Gasteiger partial charge in [0.05, 0.1) is 17.4 Å². The van der Waals surface area contributed by atoms with Gasteiger partial charge in [-0.2, -0.15) is 13.2 Å². The topological polar surface area (TPSA) is 118 Å². The number of nitrogens with zero attached hydrogens (tertiary/aromatic N) is 4. The second-order valence-corrected chi connectivity index (χ2v) is 10.6. The Kier molecular flexibility index (Phi) is 9.27. The van der Waals surface area contributed by atoms with Crippen molar-refractivity contribution in [2.45, 2.75) is 65.2 Å². The fraction of sp³-hybridized carbons (Fsp3) is 0.414. The number of carbonyl (C=O) groups is 2. The predicted octanol–water partition coefficient (Wildman–Crippen LogP) is 6.70. The van der Waals surface area contributed by atoms with E-state index in [-0.39, 0.29) is 29.6 Å². The molecule has 2 aromatic heterocycles. The first-order valence-corrected chi connectivity index (χ1v) is 13.5. The Labute approximate surface area is 240 Å². The maximum absolute atomic E-state index is 15.4. The largest absolute Gasteiger partial charge is 0.478 e. The van der Waals surface area contributed by atoms with E-state index in [1.165, 1.54) is 23.5 Å². The van der Waals surface area contributed by atoms with E-state index in [1.807, 2.05) is 0 Å². The number of carboxylic acid groups (broad SMARTS) is 1. The molecule has 42 heavy (non-hydrogen) atoms. The number of alkyl halides is 3. The molecule has 0 atom stereocenters. The van der Waals surface area contributed by atoms with Gasteiger partial charge in [0, 0.05) is 49.2 Å². The van der Waals surface area contributed by atoms with E-state index in [0.29, 0.717) is 24.6 Å². The van der Waals surface area contributed by atoms with Gasteiger partial charge >= 0.3 is 12.1 Å². The van der Waals surface area contributed by atoms with Crippen LogP contribution in [0.3, 0.4) is 0 Å². The normalized spacial score (nSPS) is 17.1. The zero-order valence-corrected chi connectivity index (χ0v) is 23.3. The van der Waals surface area contributed by atoms with Crippen LogP contribution in [0.1, 0.15) is 67.9 Å². The van der Waals surface area contributed by atoms with Crippen molar-refractivity contribution in [2.75, 3.05) is 10.2 Å². The third-order valence-corrected chi connectivity index (χ3v) is 7.12. The Bertz CT molecular complexity index is 1430. The van der Waals surface area contributed by atoms with Crippen molar-refractivity contribution in [3.05, 3.63) is 65.5 Å². The van der Waals surface area contributed by atoms with Crippen molar-refractivity contribution in [3.8, 4) is 11.6 Å². The lowest BCUT2D eigenvalue weighted by Crippen LogP contribution is -2.43. The summed E-state index contributed by atoms with van der Waals surface area (Å²) in [6.07, 6.45) is 3.40. The second kappa shape index (κ2) is 12.7. The molecular weight excluding hydrogens is 558 g/mol. The first kappa shape index (κ1) is 30.7. The Balaban J connectivity index is 1.66. The monoisotopic (exact) mass is 589 g/mol. The number of rotatable bonds is 9. The van der Waals surface area contributed by atoms with Gasteiger partial charge < -0.3 is 20.1 Å². The maximum atomic E-state index is 15.4. The first-order chi connectivity index (χ1) is 19.8. The molecule has 3 aromatic rings. The highest BCUT2D eigenvalue weighted by molar-refractivity contribution is 6.03. The van der Waals surface area contributed by atoms with Gasteiger partial charge in [0.25, 0.3) is 0 Å². The highest BCUT2D eigenvalue weighted by atomic mass is 19.4. The Hall–Kier alpha value is -4.29. The van der Waals surface area contributed by atoms with Crippen LogP contribution < -0.4 is 15.0 Å². The molecule has 1 aliphatic rings. The van der Waals surface area contributed by atoms with Crippen molar-refractivity contribution in [1.82, 2.24) is 15.0 Å². The van der Waals surface area contributed by atoms with E-state index < -0.39 is 46.8 Å². The van der Waals surface area contributed by atoms with Crippen molar-refractivity contribution >= 4 is 23.4 Å². The molecule has 1 fully saturated rings. The molecule has 4 rings (SSSR count). The molecule has 13 heteroatoms. The van der Waals surface area contributed by atoms with E-state index in [2.05, 4.69) is 27.2 Å². The number of carboxylic acids is 1. The SMILES string of the molecule is CC1CCC(C(=O)N(c2cc(F)c(Oc3ncc(CNc4cnccn4)cc3C(F)(F)F)cc2C(=O)O)C(C)C)CC1. The zero-order valence-electron chi connectivity index (χ0n) is 23.3. The number of hydrogen-bond acceptors (Lipinski definition) is 7. The molecule has 1 amide bonds. The zero-order chi connectivity index (χ0) is 30.6. The lowest BCUT2D eigenvalue weighted by molar-refractivity contribution is -0.139. The molecular formula is C29H31F4N5O4. The number of ether oxygens (including phenoxy) is 1. The van der Waals surface area contributed by atoms with Crippen LogP contribution in [0.25, 0.3) is 0 Å². The van der Waals surface area contributed by atoms with Crippen LogP contribution in [-0.2, 0) is 17.5 Å². The molecule has 1 saturated carbocycles. The van der Waals surface area contributed by atoms with Gasteiger partial charge in [0.2, 0.25) is 11.8 Å². The predicted molar refractivity (Wildman–Crippen MR) is 146 cm³/mol. The Morgan fingerprint density at radius 2 is 1.81 bits per heavy atom.